The molecule has 26 heavy (non-hydrogen) atoms. The molecule has 1 aliphatic carbocycles. The van der Waals surface area contributed by atoms with E-state index in [1.54, 1.807) is 18.2 Å². The Morgan fingerprint density at radius 2 is 2.04 bits per heavy atom. The quantitative estimate of drug-likeness (QED) is 0.619. The Morgan fingerprint density at radius 1 is 1.23 bits per heavy atom. The van der Waals surface area contributed by atoms with Crippen LogP contribution >= 0.6 is 0 Å². The second-order valence-electron chi connectivity index (χ2n) is 7.51. The van der Waals surface area contributed by atoms with Gasteiger partial charge in [-0.2, -0.15) is 8.78 Å². The molecule has 2 aromatic rings. The number of rotatable bonds is 7. The average molecular weight is 362 g/mol. The zero-order chi connectivity index (χ0) is 18.7. The Hall–Kier alpha value is -1.91. The molecule has 1 heterocycles. The number of hydrogen-bond acceptors (Lipinski definition) is 3. The van der Waals surface area contributed by atoms with E-state index in [2.05, 4.69) is 11.9 Å². The molecule has 3 rings (SSSR count). The van der Waals surface area contributed by atoms with Gasteiger partial charge in [0.05, 0.1) is 12.6 Å². The Labute approximate surface area is 153 Å². The fraction of sp³-hybridized carbons (Fsp3) is 0.571. The summed E-state index contributed by atoms with van der Waals surface area (Å²) in [6.07, 6.45) is 5.61. The Kier molecular flexibility index (Phi) is 5.64. The normalized spacial score (nSPS) is 20.6. The van der Waals surface area contributed by atoms with Gasteiger partial charge < -0.3 is 9.84 Å². The number of benzene rings is 1. The van der Waals surface area contributed by atoms with E-state index in [0.29, 0.717) is 34.9 Å². The molecule has 1 fully saturated rings. The van der Waals surface area contributed by atoms with Crippen LogP contribution in [0.2, 0.25) is 0 Å². The van der Waals surface area contributed by atoms with Gasteiger partial charge in [-0.15, -0.1) is 0 Å². The van der Waals surface area contributed by atoms with Crippen LogP contribution in [0.4, 0.5) is 8.78 Å². The van der Waals surface area contributed by atoms with E-state index in [1.807, 2.05) is 0 Å². The molecule has 1 aromatic heterocycles. The second kappa shape index (κ2) is 7.77. The average Bonchev–Trinajstić information content (AvgIpc) is 3.02. The SMILES string of the molecule is COc1ccc2nc(C(F)(F)CCCC[C@@H]3CCCC3C)c([O-])cc2c1. The van der Waals surface area contributed by atoms with Crippen molar-refractivity contribution in [2.45, 2.75) is 57.8 Å². The maximum atomic E-state index is 14.6. The number of nitrogens with zero attached hydrogens (tertiary/aromatic N) is 1. The summed E-state index contributed by atoms with van der Waals surface area (Å²) >= 11 is 0. The van der Waals surface area contributed by atoms with Crippen LogP contribution in [0.25, 0.3) is 10.9 Å². The van der Waals surface area contributed by atoms with Crippen molar-refractivity contribution in [3.8, 4) is 11.5 Å². The van der Waals surface area contributed by atoms with Crippen LogP contribution in [0.5, 0.6) is 11.5 Å². The third-order valence-corrected chi connectivity index (χ3v) is 5.69. The van der Waals surface area contributed by atoms with E-state index in [-0.39, 0.29) is 6.42 Å². The molecule has 1 aliphatic rings. The summed E-state index contributed by atoms with van der Waals surface area (Å²) in [5, 5.41) is 12.7. The van der Waals surface area contributed by atoms with Gasteiger partial charge in [0.25, 0.3) is 5.92 Å². The summed E-state index contributed by atoms with van der Waals surface area (Å²) in [6, 6.07) is 6.13. The third-order valence-electron chi connectivity index (χ3n) is 5.69. The highest BCUT2D eigenvalue weighted by molar-refractivity contribution is 5.81. The number of unbranched alkanes of at least 4 members (excludes halogenated alkanes) is 1. The first-order chi connectivity index (χ1) is 12.4. The minimum atomic E-state index is -3.19. The Morgan fingerprint density at radius 3 is 2.73 bits per heavy atom. The van der Waals surface area contributed by atoms with Gasteiger partial charge in [-0.1, -0.05) is 50.8 Å². The summed E-state index contributed by atoms with van der Waals surface area (Å²) in [5.41, 5.74) is -0.246. The predicted octanol–water partition coefficient (Wildman–Crippen LogP) is 5.41. The molecule has 0 radical (unpaired) electrons. The van der Waals surface area contributed by atoms with Crippen LogP contribution in [0, 0.1) is 11.8 Å². The summed E-state index contributed by atoms with van der Waals surface area (Å²) < 4.78 is 34.3. The van der Waals surface area contributed by atoms with Crippen molar-refractivity contribution in [2.75, 3.05) is 7.11 Å². The molecule has 142 valence electrons. The van der Waals surface area contributed by atoms with Crippen LogP contribution in [0.3, 0.4) is 0 Å². The minimum absolute atomic E-state index is 0.321. The number of ether oxygens (including phenoxy) is 1. The molecule has 1 aromatic carbocycles. The van der Waals surface area contributed by atoms with Crippen molar-refractivity contribution in [2.24, 2.45) is 11.8 Å². The number of halogens is 2. The van der Waals surface area contributed by atoms with Crippen LogP contribution < -0.4 is 9.84 Å². The number of alkyl halides is 2. The van der Waals surface area contributed by atoms with Gasteiger partial charge in [0.1, 0.15) is 11.4 Å². The van der Waals surface area contributed by atoms with E-state index in [4.69, 9.17) is 4.74 Å². The van der Waals surface area contributed by atoms with Gasteiger partial charge in [-0.25, -0.2) is 4.98 Å². The molecule has 0 N–H and O–H groups in total. The third kappa shape index (κ3) is 4.08. The second-order valence-corrected chi connectivity index (χ2v) is 7.51. The zero-order valence-corrected chi connectivity index (χ0v) is 15.4. The molecule has 3 nitrogen and oxygen atoms in total. The lowest BCUT2D eigenvalue weighted by molar-refractivity contribution is -0.273. The molecule has 1 saturated carbocycles. The first-order valence-electron chi connectivity index (χ1n) is 9.45. The van der Waals surface area contributed by atoms with Crippen molar-refractivity contribution in [1.82, 2.24) is 4.98 Å². The standard InChI is InChI=1S/C21H27F2NO2/c1-14-6-5-8-15(14)7-3-4-11-21(22,23)20-19(25)13-16-12-17(26-2)9-10-18(16)24-20/h9-10,12-15,25H,3-8,11H2,1-2H3/p-1/t14?,15-/m1/s1. The molecule has 1 unspecified atom stereocenters. The summed E-state index contributed by atoms with van der Waals surface area (Å²) in [4.78, 5) is 3.97. The Balaban J connectivity index is 1.66. The van der Waals surface area contributed by atoms with Gasteiger partial charge >= 0.3 is 0 Å². The number of methoxy groups -OCH3 is 1. The van der Waals surface area contributed by atoms with Crippen LogP contribution in [-0.2, 0) is 5.92 Å². The monoisotopic (exact) mass is 362 g/mol. The zero-order valence-electron chi connectivity index (χ0n) is 15.4. The van der Waals surface area contributed by atoms with Crippen molar-refractivity contribution < 1.29 is 18.6 Å². The molecule has 0 aliphatic heterocycles. The largest absolute Gasteiger partial charge is 0.871 e. The topological polar surface area (TPSA) is 45.2 Å². The first kappa shape index (κ1) is 18.9. The first-order valence-corrected chi connectivity index (χ1v) is 9.45. The van der Waals surface area contributed by atoms with Gasteiger partial charge in [-0.05, 0) is 36.5 Å². The van der Waals surface area contributed by atoms with Crippen LogP contribution in [0.15, 0.2) is 24.3 Å². The summed E-state index contributed by atoms with van der Waals surface area (Å²) in [7, 11) is 1.52. The molecular formula is C21H26F2NO2-. The van der Waals surface area contributed by atoms with Crippen LogP contribution in [0.1, 0.15) is 57.6 Å². The van der Waals surface area contributed by atoms with E-state index in [0.717, 1.165) is 12.8 Å². The molecular weight excluding hydrogens is 336 g/mol. The van der Waals surface area contributed by atoms with E-state index >= 15 is 0 Å². The maximum Gasteiger partial charge on any atom is 0.289 e. The van der Waals surface area contributed by atoms with Crippen LogP contribution in [-0.4, -0.2) is 12.1 Å². The lowest BCUT2D eigenvalue weighted by Crippen LogP contribution is -2.18. The molecule has 0 bridgehead atoms. The molecule has 0 spiro atoms. The minimum Gasteiger partial charge on any atom is -0.871 e. The predicted molar refractivity (Wildman–Crippen MR) is 96.6 cm³/mol. The highest BCUT2D eigenvalue weighted by atomic mass is 19.3. The molecule has 5 heteroatoms. The van der Waals surface area contributed by atoms with Crippen molar-refractivity contribution in [3.05, 3.63) is 30.0 Å². The highest BCUT2D eigenvalue weighted by Gasteiger charge is 2.33. The lowest BCUT2D eigenvalue weighted by Gasteiger charge is -2.23. The van der Waals surface area contributed by atoms with Gasteiger partial charge in [0.2, 0.25) is 0 Å². The summed E-state index contributed by atoms with van der Waals surface area (Å²) in [5.74, 6) is -1.94. The number of fused-ring (bicyclic) bond motifs is 1. The van der Waals surface area contributed by atoms with Crippen molar-refractivity contribution in [1.29, 1.82) is 0 Å². The van der Waals surface area contributed by atoms with Gasteiger partial charge in [0, 0.05) is 11.8 Å². The van der Waals surface area contributed by atoms with E-state index in [9.17, 15) is 13.9 Å². The number of hydrogen-bond donors (Lipinski definition) is 0. The number of aromatic nitrogens is 1. The van der Waals surface area contributed by atoms with E-state index in [1.165, 1.54) is 32.4 Å². The Bertz CT molecular complexity index is 763. The highest BCUT2D eigenvalue weighted by Crippen LogP contribution is 2.39. The van der Waals surface area contributed by atoms with Gasteiger partial charge in [-0.3, -0.25) is 0 Å². The molecule has 0 saturated heterocycles. The molecule has 2 atom stereocenters. The molecule has 0 amide bonds. The summed E-state index contributed by atoms with van der Waals surface area (Å²) in [6.45, 7) is 2.25. The lowest BCUT2D eigenvalue weighted by atomic mass is 9.91. The van der Waals surface area contributed by atoms with E-state index < -0.39 is 17.4 Å². The smallest absolute Gasteiger partial charge is 0.289 e. The fourth-order valence-electron chi connectivity index (χ4n) is 4.05. The van der Waals surface area contributed by atoms with Crippen molar-refractivity contribution in [3.63, 3.8) is 0 Å². The fourth-order valence-corrected chi connectivity index (χ4v) is 4.05. The maximum absolute atomic E-state index is 14.6. The number of pyridine rings is 1. The van der Waals surface area contributed by atoms with Crippen molar-refractivity contribution >= 4 is 10.9 Å². The van der Waals surface area contributed by atoms with Gasteiger partial charge in [0.15, 0.2) is 0 Å².